The van der Waals surface area contributed by atoms with Crippen molar-refractivity contribution in [2.75, 3.05) is 26.2 Å². The molecular formula is C31H36N4O4. The van der Waals surface area contributed by atoms with Gasteiger partial charge in [0.2, 0.25) is 5.89 Å². The molecule has 2 amide bonds. The van der Waals surface area contributed by atoms with E-state index in [-0.39, 0.29) is 23.3 Å². The van der Waals surface area contributed by atoms with Gasteiger partial charge in [0, 0.05) is 42.9 Å². The van der Waals surface area contributed by atoms with Crippen LogP contribution in [0.2, 0.25) is 0 Å². The van der Waals surface area contributed by atoms with E-state index in [1.165, 1.54) is 0 Å². The monoisotopic (exact) mass is 528 g/mol. The van der Waals surface area contributed by atoms with E-state index in [9.17, 15) is 14.9 Å². The Labute approximate surface area is 229 Å². The van der Waals surface area contributed by atoms with Crippen LogP contribution in [0.1, 0.15) is 81.3 Å². The fourth-order valence-electron chi connectivity index (χ4n) is 5.62. The lowest BCUT2D eigenvalue weighted by Gasteiger charge is -2.39. The first-order chi connectivity index (χ1) is 18.5. The number of carbonyl (C=O) groups is 2. The fraction of sp³-hybridized carbons (Fsp3) is 0.484. The smallest absolute Gasteiger partial charge is 0.410 e. The molecule has 2 aliphatic rings. The zero-order chi connectivity index (χ0) is 27.9. The first-order valence-electron chi connectivity index (χ1n) is 13.7. The highest BCUT2D eigenvalue weighted by Crippen LogP contribution is 2.41. The van der Waals surface area contributed by atoms with Crippen molar-refractivity contribution in [3.63, 3.8) is 0 Å². The Balaban J connectivity index is 1.25. The number of hydrogen-bond donors (Lipinski definition) is 0. The van der Waals surface area contributed by atoms with Crippen molar-refractivity contribution in [2.24, 2.45) is 5.41 Å². The summed E-state index contributed by atoms with van der Waals surface area (Å²) in [6.07, 6.45) is 2.44. The summed E-state index contributed by atoms with van der Waals surface area (Å²) in [5.74, 6) is 0.680. The molecule has 5 rings (SSSR count). The molecule has 8 nitrogen and oxygen atoms in total. The maximum atomic E-state index is 13.4. The van der Waals surface area contributed by atoms with Gasteiger partial charge in [0.25, 0.3) is 5.91 Å². The van der Waals surface area contributed by atoms with Crippen LogP contribution in [0.4, 0.5) is 4.79 Å². The summed E-state index contributed by atoms with van der Waals surface area (Å²) >= 11 is 0. The second-order valence-electron chi connectivity index (χ2n) is 12.2. The first kappa shape index (κ1) is 26.7. The highest BCUT2D eigenvalue weighted by molar-refractivity contribution is 5.95. The van der Waals surface area contributed by atoms with Gasteiger partial charge >= 0.3 is 6.09 Å². The summed E-state index contributed by atoms with van der Waals surface area (Å²) in [7, 11) is 0. The predicted molar refractivity (Wildman–Crippen MR) is 148 cm³/mol. The summed E-state index contributed by atoms with van der Waals surface area (Å²) in [5, 5.41) is 9.39. The summed E-state index contributed by atoms with van der Waals surface area (Å²) in [6, 6.07) is 13.2. The molecule has 2 aromatic carbocycles. The Morgan fingerprint density at radius 1 is 1.05 bits per heavy atom. The number of benzene rings is 2. The molecule has 0 radical (unpaired) electrons. The van der Waals surface area contributed by atoms with Crippen LogP contribution in [-0.2, 0) is 4.74 Å². The second-order valence-corrected chi connectivity index (χ2v) is 12.2. The number of ether oxygens (including phenoxy) is 1. The zero-order valence-corrected chi connectivity index (χ0v) is 23.4. The molecular weight excluding hydrogens is 492 g/mol. The lowest BCUT2D eigenvalue weighted by molar-refractivity contribution is 0.0108. The second kappa shape index (κ2) is 10.0. The van der Waals surface area contributed by atoms with E-state index in [4.69, 9.17) is 9.15 Å². The van der Waals surface area contributed by atoms with E-state index in [0.717, 1.165) is 36.9 Å². The highest BCUT2D eigenvalue weighted by atomic mass is 16.6. The third-order valence-electron chi connectivity index (χ3n) is 7.85. The van der Waals surface area contributed by atoms with Crippen LogP contribution in [0, 0.1) is 16.7 Å². The number of fused-ring (bicyclic) bond motifs is 1. The van der Waals surface area contributed by atoms with Crippen LogP contribution in [0.25, 0.3) is 22.6 Å². The lowest BCUT2D eigenvalue weighted by Crippen LogP contribution is -2.46. The van der Waals surface area contributed by atoms with Crippen LogP contribution < -0.4 is 0 Å². The molecule has 3 aromatic rings. The van der Waals surface area contributed by atoms with Crippen LogP contribution in [0.5, 0.6) is 0 Å². The molecule has 1 spiro atoms. The van der Waals surface area contributed by atoms with Gasteiger partial charge in [-0.2, -0.15) is 5.26 Å². The molecule has 0 unspecified atom stereocenters. The van der Waals surface area contributed by atoms with Crippen molar-refractivity contribution in [1.29, 1.82) is 5.26 Å². The summed E-state index contributed by atoms with van der Waals surface area (Å²) in [4.78, 5) is 34.2. The summed E-state index contributed by atoms with van der Waals surface area (Å²) in [5.41, 5.74) is 3.84. The maximum Gasteiger partial charge on any atom is 0.410 e. The van der Waals surface area contributed by atoms with E-state index in [1.807, 2.05) is 56.0 Å². The molecule has 0 atom stereocenters. The van der Waals surface area contributed by atoms with Crippen LogP contribution in [-0.4, -0.2) is 58.6 Å². The Morgan fingerprint density at radius 2 is 1.69 bits per heavy atom. The molecule has 0 aliphatic carbocycles. The van der Waals surface area contributed by atoms with Gasteiger partial charge in [-0.1, -0.05) is 13.8 Å². The quantitative estimate of drug-likeness (QED) is 0.393. The molecule has 39 heavy (non-hydrogen) atoms. The van der Waals surface area contributed by atoms with Gasteiger partial charge in [-0.05, 0) is 87.8 Å². The molecule has 0 N–H and O–H groups in total. The third-order valence-corrected chi connectivity index (χ3v) is 7.85. The molecule has 3 heterocycles. The number of likely N-dealkylation sites (tertiary alicyclic amines) is 2. The fourth-order valence-corrected chi connectivity index (χ4v) is 5.62. The van der Waals surface area contributed by atoms with E-state index < -0.39 is 5.60 Å². The molecule has 204 valence electrons. The van der Waals surface area contributed by atoms with Gasteiger partial charge in [-0.25, -0.2) is 9.78 Å². The lowest BCUT2D eigenvalue weighted by atomic mass is 9.78. The standard InChI is InChI=1S/C31H36N4O4/c1-20(2)24-16-21(18-32)17-25-26(24)38-27(33-25)22-6-8-23(9-7-22)28(36)35-15-12-31(19-35)10-13-34(14-11-31)29(37)39-30(3,4)5/h6-9,16-17,20H,10-15,19H2,1-5H3. The number of hydrogen-bond acceptors (Lipinski definition) is 6. The number of nitrogens with zero attached hydrogens (tertiary/aromatic N) is 4. The van der Waals surface area contributed by atoms with Gasteiger partial charge in [0.15, 0.2) is 5.58 Å². The largest absolute Gasteiger partial charge is 0.444 e. The molecule has 2 fully saturated rings. The van der Waals surface area contributed by atoms with E-state index in [2.05, 4.69) is 24.9 Å². The average molecular weight is 529 g/mol. The van der Waals surface area contributed by atoms with E-state index >= 15 is 0 Å². The van der Waals surface area contributed by atoms with Crippen LogP contribution >= 0.6 is 0 Å². The number of aromatic nitrogens is 1. The van der Waals surface area contributed by atoms with Crippen molar-refractivity contribution in [3.05, 3.63) is 53.1 Å². The van der Waals surface area contributed by atoms with Gasteiger partial charge in [-0.3, -0.25) is 4.79 Å². The summed E-state index contributed by atoms with van der Waals surface area (Å²) in [6.45, 7) is 12.5. The number of rotatable bonds is 3. The maximum absolute atomic E-state index is 13.4. The average Bonchev–Trinajstić information content (AvgIpc) is 3.51. The van der Waals surface area contributed by atoms with Crippen molar-refractivity contribution >= 4 is 23.1 Å². The Hall–Kier alpha value is -3.86. The summed E-state index contributed by atoms with van der Waals surface area (Å²) < 4.78 is 11.6. The third kappa shape index (κ3) is 5.49. The molecule has 0 bridgehead atoms. The first-order valence-corrected chi connectivity index (χ1v) is 13.7. The minimum atomic E-state index is -0.503. The van der Waals surface area contributed by atoms with Crippen LogP contribution in [0.3, 0.4) is 0 Å². The van der Waals surface area contributed by atoms with Gasteiger partial charge in [0.05, 0.1) is 11.6 Å². The van der Waals surface area contributed by atoms with Gasteiger partial charge < -0.3 is 19.0 Å². The van der Waals surface area contributed by atoms with E-state index in [1.54, 1.807) is 11.0 Å². The molecule has 2 aliphatic heterocycles. The number of amides is 2. The van der Waals surface area contributed by atoms with E-state index in [0.29, 0.717) is 47.8 Å². The molecule has 1 aromatic heterocycles. The number of carbonyl (C=O) groups excluding carboxylic acids is 2. The SMILES string of the molecule is CC(C)c1cc(C#N)cc2nc(-c3ccc(C(=O)N4CCC5(CCN(C(=O)OC(C)(C)C)CC5)C4)cc3)oc12. The topological polar surface area (TPSA) is 99.7 Å². The minimum absolute atomic E-state index is 0.0197. The number of piperidine rings is 1. The molecule has 2 saturated heterocycles. The van der Waals surface area contributed by atoms with Gasteiger partial charge in [0.1, 0.15) is 11.1 Å². The normalized spacial score (nSPS) is 17.2. The van der Waals surface area contributed by atoms with Crippen molar-refractivity contribution in [2.45, 2.75) is 65.4 Å². The Bertz CT molecular complexity index is 1430. The van der Waals surface area contributed by atoms with Crippen molar-refractivity contribution < 1.29 is 18.7 Å². The Kier molecular flexibility index (Phi) is 6.88. The minimum Gasteiger partial charge on any atom is -0.444 e. The zero-order valence-electron chi connectivity index (χ0n) is 23.4. The van der Waals surface area contributed by atoms with Crippen molar-refractivity contribution in [3.8, 4) is 17.5 Å². The Morgan fingerprint density at radius 3 is 2.28 bits per heavy atom. The van der Waals surface area contributed by atoms with Gasteiger partial charge in [-0.15, -0.1) is 0 Å². The van der Waals surface area contributed by atoms with Crippen LogP contribution in [0.15, 0.2) is 40.8 Å². The molecule has 0 saturated carbocycles. The van der Waals surface area contributed by atoms with Crippen molar-refractivity contribution in [1.82, 2.24) is 14.8 Å². The predicted octanol–water partition coefficient (Wildman–Crippen LogP) is 6.35. The molecule has 8 heteroatoms. The number of oxazole rings is 1. The number of nitriles is 1. The highest BCUT2D eigenvalue weighted by Gasteiger charge is 2.43.